The number of aryl methyl sites for hydroxylation is 1. The van der Waals surface area contributed by atoms with Gasteiger partial charge in [0, 0.05) is 37.5 Å². The third-order valence-corrected chi connectivity index (χ3v) is 3.45. The van der Waals surface area contributed by atoms with Crippen molar-refractivity contribution in [1.82, 2.24) is 20.4 Å². The largest absolute Gasteiger partial charge is 0.497 e. The molecule has 0 radical (unpaired) electrons. The van der Waals surface area contributed by atoms with Crippen LogP contribution in [0.25, 0.3) is 0 Å². The molecule has 2 N–H and O–H groups in total. The van der Waals surface area contributed by atoms with Gasteiger partial charge < -0.3 is 20.1 Å². The Bertz CT molecular complexity index is 734. The lowest BCUT2D eigenvalue weighted by molar-refractivity contribution is -0.0504. The van der Waals surface area contributed by atoms with Crippen LogP contribution in [0.3, 0.4) is 0 Å². The first kappa shape index (κ1) is 19.5. The van der Waals surface area contributed by atoms with Crippen molar-refractivity contribution in [1.29, 1.82) is 0 Å². The highest BCUT2D eigenvalue weighted by Crippen LogP contribution is 2.25. The number of ether oxygens (including phenoxy) is 2. The molecule has 0 saturated heterocycles. The zero-order valence-electron chi connectivity index (χ0n) is 15.0. The maximum absolute atomic E-state index is 12.6. The number of halogens is 2. The number of hydrogen-bond acceptors (Lipinski definition) is 4. The molecule has 0 unspecified atom stereocenters. The van der Waals surface area contributed by atoms with E-state index in [9.17, 15) is 8.78 Å². The molecular weight excluding hydrogens is 344 g/mol. The average molecular weight is 367 g/mol. The van der Waals surface area contributed by atoms with Crippen LogP contribution in [0.15, 0.2) is 35.6 Å². The molecule has 2 rings (SSSR count). The number of aromatic nitrogens is 2. The molecule has 0 fully saturated rings. The van der Waals surface area contributed by atoms with Gasteiger partial charge in [0.25, 0.3) is 0 Å². The first-order valence-corrected chi connectivity index (χ1v) is 8.13. The lowest BCUT2D eigenvalue weighted by Gasteiger charge is -2.15. The molecule has 1 aromatic carbocycles. The summed E-state index contributed by atoms with van der Waals surface area (Å²) in [5.74, 6) is 1.21. The molecule has 0 atom stereocenters. The van der Waals surface area contributed by atoms with E-state index in [0.29, 0.717) is 30.4 Å². The highest BCUT2D eigenvalue weighted by molar-refractivity contribution is 5.79. The summed E-state index contributed by atoms with van der Waals surface area (Å²) >= 11 is 0. The Kier molecular flexibility index (Phi) is 7.19. The van der Waals surface area contributed by atoms with Crippen molar-refractivity contribution in [2.75, 3.05) is 13.7 Å². The summed E-state index contributed by atoms with van der Waals surface area (Å²) in [4.78, 5) is 4.47. The molecule has 0 aliphatic carbocycles. The number of guanidine groups is 1. The molecule has 142 valence electrons. The summed E-state index contributed by atoms with van der Waals surface area (Å²) in [6.45, 7) is 0.407. The van der Waals surface area contributed by atoms with Gasteiger partial charge in [-0.15, -0.1) is 0 Å². The van der Waals surface area contributed by atoms with Gasteiger partial charge in [-0.3, -0.25) is 4.68 Å². The van der Waals surface area contributed by atoms with Gasteiger partial charge in [0.1, 0.15) is 11.5 Å². The molecule has 1 heterocycles. The zero-order chi connectivity index (χ0) is 18.9. The van der Waals surface area contributed by atoms with Crippen molar-refractivity contribution in [2.45, 2.75) is 26.6 Å². The fourth-order valence-corrected chi connectivity index (χ4v) is 2.28. The summed E-state index contributed by atoms with van der Waals surface area (Å²) in [6, 6.07) is 4.68. The topological polar surface area (TPSA) is 72.7 Å². The number of methoxy groups -OCH3 is 1. The first-order chi connectivity index (χ1) is 12.5. The lowest BCUT2D eigenvalue weighted by atomic mass is 10.2. The van der Waals surface area contributed by atoms with E-state index in [1.807, 2.05) is 20.2 Å². The molecule has 7 nitrogen and oxygen atoms in total. The molecule has 2 aromatic rings. The van der Waals surface area contributed by atoms with Crippen LogP contribution in [0.2, 0.25) is 0 Å². The van der Waals surface area contributed by atoms with E-state index in [0.717, 1.165) is 5.56 Å². The molecule has 0 bridgehead atoms. The van der Waals surface area contributed by atoms with Crippen molar-refractivity contribution < 1.29 is 18.3 Å². The van der Waals surface area contributed by atoms with Crippen molar-refractivity contribution in [3.8, 4) is 11.5 Å². The van der Waals surface area contributed by atoms with E-state index in [2.05, 4.69) is 25.5 Å². The van der Waals surface area contributed by atoms with Gasteiger partial charge in [-0.2, -0.15) is 13.9 Å². The normalized spacial score (nSPS) is 11.5. The minimum Gasteiger partial charge on any atom is -0.497 e. The fraction of sp³-hybridized carbons (Fsp3) is 0.412. The number of hydrogen-bond donors (Lipinski definition) is 2. The molecule has 0 aliphatic rings. The lowest BCUT2D eigenvalue weighted by Crippen LogP contribution is -2.36. The number of benzene rings is 1. The van der Waals surface area contributed by atoms with Crippen LogP contribution in [-0.2, 0) is 20.1 Å². The molecule has 1 aromatic heterocycles. The number of nitrogens with one attached hydrogen (secondary N) is 2. The second-order valence-electron chi connectivity index (χ2n) is 5.42. The molecule has 0 saturated carbocycles. The van der Waals surface area contributed by atoms with Crippen molar-refractivity contribution >= 4 is 5.96 Å². The molecule has 0 spiro atoms. The van der Waals surface area contributed by atoms with Gasteiger partial charge in [0.05, 0.1) is 19.9 Å². The SMILES string of the molecule is CCNC(=NCc1cnn(C)c1)NCc1cc(OC)ccc1OC(F)F. The Morgan fingerprint density at radius 1 is 1.35 bits per heavy atom. The van der Waals surface area contributed by atoms with Crippen LogP contribution in [-0.4, -0.2) is 36.0 Å². The number of rotatable bonds is 8. The highest BCUT2D eigenvalue weighted by Gasteiger charge is 2.11. The van der Waals surface area contributed by atoms with Crippen LogP contribution in [0.1, 0.15) is 18.1 Å². The molecule has 9 heteroatoms. The van der Waals surface area contributed by atoms with Crippen LogP contribution in [0.4, 0.5) is 8.78 Å². The van der Waals surface area contributed by atoms with Crippen LogP contribution >= 0.6 is 0 Å². The van der Waals surface area contributed by atoms with Gasteiger partial charge >= 0.3 is 6.61 Å². The second kappa shape index (κ2) is 9.59. The predicted molar refractivity (Wildman–Crippen MR) is 94.5 cm³/mol. The summed E-state index contributed by atoms with van der Waals surface area (Å²) in [5, 5.41) is 10.3. The van der Waals surface area contributed by atoms with E-state index in [4.69, 9.17) is 4.74 Å². The van der Waals surface area contributed by atoms with Crippen molar-refractivity contribution in [2.24, 2.45) is 12.0 Å². The predicted octanol–water partition coefficient (Wildman–Crippen LogP) is 2.29. The molecule has 0 amide bonds. The third kappa shape index (κ3) is 5.91. The smallest absolute Gasteiger partial charge is 0.387 e. The third-order valence-electron chi connectivity index (χ3n) is 3.45. The Hall–Kier alpha value is -2.84. The van der Waals surface area contributed by atoms with E-state index in [-0.39, 0.29) is 12.3 Å². The molecular formula is C17H23F2N5O2. The maximum Gasteiger partial charge on any atom is 0.387 e. The van der Waals surface area contributed by atoms with E-state index in [1.54, 1.807) is 23.0 Å². The van der Waals surface area contributed by atoms with Crippen molar-refractivity contribution in [3.63, 3.8) is 0 Å². The Morgan fingerprint density at radius 3 is 2.77 bits per heavy atom. The fourth-order valence-electron chi connectivity index (χ4n) is 2.28. The van der Waals surface area contributed by atoms with Gasteiger partial charge in [-0.25, -0.2) is 4.99 Å². The van der Waals surface area contributed by atoms with Crippen molar-refractivity contribution in [3.05, 3.63) is 41.7 Å². The minimum absolute atomic E-state index is 0.0939. The van der Waals surface area contributed by atoms with Gasteiger partial charge in [-0.05, 0) is 25.1 Å². The summed E-state index contributed by atoms with van der Waals surface area (Å²) < 4.78 is 36.6. The van der Waals surface area contributed by atoms with E-state index >= 15 is 0 Å². The zero-order valence-corrected chi connectivity index (χ0v) is 15.0. The monoisotopic (exact) mass is 367 g/mol. The maximum atomic E-state index is 12.6. The van der Waals surface area contributed by atoms with Crippen LogP contribution < -0.4 is 20.1 Å². The Morgan fingerprint density at radius 2 is 2.15 bits per heavy atom. The summed E-state index contributed by atoms with van der Waals surface area (Å²) in [7, 11) is 3.35. The van der Waals surface area contributed by atoms with Gasteiger partial charge in [-0.1, -0.05) is 0 Å². The second-order valence-corrected chi connectivity index (χ2v) is 5.42. The van der Waals surface area contributed by atoms with Crippen LogP contribution in [0, 0.1) is 0 Å². The van der Waals surface area contributed by atoms with E-state index in [1.165, 1.54) is 13.2 Å². The standard InChI is InChI=1S/C17H23F2N5O2/c1-4-20-17(21-8-12-9-23-24(2)11-12)22-10-13-7-14(25-3)5-6-15(13)26-16(18)19/h5-7,9,11,16H,4,8,10H2,1-3H3,(H2,20,21,22). The van der Waals surface area contributed by atoms with Gasteiger partial charge in [0.15, 0.2) is 5.96 Å². The average Bonchev–Trinajstić information content (AvgIpc) is 3.03. The van der Waals surface area contributed by atoms with Gasteiger partial charge in [0.2, 0.25) is 0 Å². The minimum atomic E-state index is -2.89. The molecule has 0 aliphatic heterocycles. The number of alkyl halides is 2. The number of aliphatic imine (C=N–C) groups is 1. The van der Waals surface area contributed by atoms with E-state index < -0.39 is 6.61 Å². The number of nitrogens with zero attached hydrogens (tertiary/aromatic N) is 3. The Labute approximate surface area is 151 Å². The quantitative estimate of drug-likeness (QED) is 0.553. The highest BCUT2D eigenvalue weighted by atomic mass is 19.3. The first-order valence-electron chi connectivity index (χ1n) is 8.13. The summed E-state index contributed by atoms with van der Waals surface area (Å²) in [5.41, 5.74) is 1.50. The Balaban J connectivity index is 2.09. The molecule has 26 heavy (non-hydrogen) atoms. The summed E-state index contributed by atoms with van der Waals surface area (Å²) in [6.07, 6.45) is 3.62. The van der Waals surface area contributed by atoms with Crippen LogP contribution in [0.5, 0.6) is 11.5 Å².